The number of carbonyl (C=O) groups is 1. The van der Waals surface area contributed by atoms with Crippen molar-refractivity contribution >= 4 is 11.7 Å². The van der Waals surface area contributed by atoms with Gasteiger partial charge in [0.15, 0.2) is 0 Å². The second kappa shape index (κ2) is 6.03. The number of carbonyl (C=O) groups excluding carboxylic acids is 1. The van der Waals surface area contributed by atoms with Gasteiger partial charge in [-0.15, -0.1) is 0 Å². The summed E-state index contributed by atoms with van der Waals surface area (Å²) in [5.74, 6) is 0. The standard InChI is InChI=1S/C11H17N3O/c1-2-7-13-11(15)14-10-6-4-3-5-9(10)8-12/h3-6H,2,7-8,12H2,1H3,(H2,13,14,15). The van der Waals surface area contributed by atoms with Crippen molar-refractivity contribution < 1.29 is 4.79 Å². The van der Waals surface area contributed by atoms with Gasteiger partial charge in [-0.3, -0.25) is 0 Å². The van der Waals surface area contributed by atoms with E-state index in [0.29, 0.717) is 13.1 Å². The SMILES string of the molecule is CCCNC(=O)Nc1ccccc1CN. The van der Waals surface area contributed by atoms with E-state index in [9.17, 15) is 4.79 Å². The highest BCUT2D eigenvalue weighted by Gasteiger charge is 2.03. The van der Waals surface area contributed by atoms with Crippen molar-refractivity contribution in [3.05, 3.63) is 29.8 Å². The van der Waals surface area contributed by atoms with Crippen molar-refractivity contribution in [1.29, 1.82) is 0 Å². The summed E-state index contributed by atoms with van der Waals surface area (Å²) in [7, 11) is 0. The molecule has 0 unspecified atom stereocenters. The highest BCUT2D eigenvalue weighted by atomic mass is 16.2. The molecule has 1 aromatic rings. The first kappa shape index (κ1) is 11.5. The Labute approximate surface area is 89.9 Å². The Balaban J connectivity index is 2.59. The maximum atomic E-state index is 11.4. The quantitative estimate of drug-likeness (QED) is 0.703. The van der Waals surface area contributed by atoms with Crippen LogP contribution in [0.1, 0.15) is 18.9 Å². The van der Waals surface area contributed by atoms with Gasteiger partial charge >= 0.3 is 6.03 Å². The first-order valence-electron chi connectivity index (χ1n) is 5.10. The number of nitrogens with two attached hydrogens (primary N) is 1. The molecule has 2 amide bonds. The van der Waals surface area contributed by atoms with Crippen LogP contribution in [0.2, 0.25) is 0 Å². The lowest BCUT2D eigenvalue weighted by Crippen LogP contribution is -2.29. The molecule has 0 radical (unpaired) electrons. The lowest BCUT2D eigenvalue weighted by molar-refractivity contribution is 0.252. The second-order valence-electron chi connectivity index (χ2n) is 3.24. The van der Waals surface area contributed by atoms with Gasteiger partial charge in [-0.2, -0.15) is 0 Å². The van der Waals surface area contributed by atoms with Gasteiger partial charge in [0, 0.05) is 18.8 Å². The van der Waals surface area contributed by atoms with Crippen LogP contribution in [-0.4, -0.2) is 12.6 Å². The van der Waals surface area contributed by atoms with E-state index in [-0.39, 0.29) is 6.03 Å². The van der Waals surface area contributed by atoms with Crippen LogP contribution < -0.4 is 16.4 Å². The van der Waals surface area contributed by atoms with Crippen molar-refractivity contribution in [2.45, 2.75) is 19.9 Å². The molecule has 1 aromatic carbocycles. The smallest absolute Gasteiger partial charge is 0.319 e. The molecule has 0 aliphatic heterocycles. The highest BCUT2D eigenvalue weighted by Crippen LogP contribution is 2.13. The van der Waals surface area contributed by atoms with E-state index < -0.39 is 0 Å². The molecule has 15 heavy (non-hydrogen) atoms. The molecule has 1 rings (SSSR count). The Kier molecular flexibility index (Phi) is 4.63. The van der Waals surface area contributed by atoms with E-state index in [2.05, 4.69) is 10.6 Å². The number of hydrogen-bond donors (Lipinski definition) is 3. The summed E-state index contributed by atoms with van der Waals surface area (Å²) < 4.78 is 0. The molecule has 4 heteroatoms. The lowest BCUT2D eigenvalue weighted by Gasteiger charge is -2.09. The van der Waals surface area contributed by atoms with Gasteiger partial charge in [-0.1, -0.05) is 25.1 Å². The topological polar surface area (TPSA) is 67.2 Å². The molecule has 0 atom stereocenters. The van der Waals surface area contributed by atoms with Gasteiger partial charge < -0.3 is 16.4 Å². The summed E-state index contributed by atoms with van der Waals surface area (Å²) in [6.07, 6.45) is 0.923. The van der Waals surface area contributed by atoms with Crippen LogP contribution in [0.3, 0.4) is 0 Å². The number of benzene rings is 1. The van der Waals surface area contributed by atoms with Crippen LogP contribution in [0, 0.1) is 0 Å². The average Bonchev–Trinajstić information content (AvgIpc) is 2.27. The zero-order valence-corrected chi connectivity index (χ0v) is 8.92. The molecule has 0 aliphatic rings. The van der Waals surface area contributed by atoms with Crippen LogP contribution in [0.5, 0.6) is 0 Å². The van der Waals surface area contributed by atoms with E-state index in [0.717, 1.165) is 17.7 Å². The van der Waals surface area contributed by atoms with E-state index in [1.165, 1.54) is 0 Å². The van der Waals surface area contributed by atoms with Crippen molar-refractivity contribution in [3.8, 4) is 0 Å². The first-order valence-corrected chi connectivity index (χ1v) is 5.10. The fourth-order valence-electron chi connectivity index (χ4n) is 1.23. The first-order chi connectivity index (χ1) is 7.27. The molecular formula is C11H17N3O. The van der Waals surface area contributed by atoms with Crippen LogP contribution in [0.15, 0.2) is 24.3 Å². The Morgan fingerprint density at radius 3 is 2.80 bits per heavy atom. The minimum atomic E-state index is -0.183. The monoisotopic (exact) mass is 207 g/mol. The van der Waals surface area contributed by atoms with Gasteiger partial charge in [-0.05, 0) is 18.1 Å². The highest BCUT2D eigenvalue weighted by molar-refractivity contribution is 5.90. The Morgan fingerprint density at radius 1 is 1.40 bits per heavy atom. The number of amides is 2. The van der Waals surface area contributed by atoms with Crippen LogP contribution in [0.25, 0.3) is 0 Å². The van der Waals surface area contributed by atoms with E-state index >= 15 is 0 Å². The number of hydrogen-bond acceptors (Lipinski definition) is 2. The van der Waals surface area contributed by atoms with Gasteiger partial charge in [0.2, 0.25) is 0 Å². The molecule has 0 aromatic heterocycles. The molecule has 4 nitrogen and oxygen atoms in total. The normalized spacial score (nSPS) is 9.73. The number of urea groups is 1. The molecule has 4 N–H and O–H groups in total. The van der Waals surface area contributed by atoms with E-state index in [1.807, 2.05) is 31.2 Å². The molecule has 82 valence electrons. The summed E-state index contributed by atoms with van der Waals surface area (Å²) in [4.78, 5) is 11.4. The Morgan fingerprint density at radius 2 is 2.13 bits per heavy atom. The fraction of sp³-hybridized carbons (Fsp3) is 0.364. The van der Waals surface area contributed by atoms with Crippen molar-refractivity contribution in [2.75, 3.05) is 11.9 Å². The van der Waals surface area contributed by atoms with Crippen molar-refractivity contribution in [2.24, 2.45) is 5.73 Å². The lowest BCUT2D eigenvalue weighted by atomic mass is 10.2. The van der Waals surface area contributed by atoms with Crippen molar-refractivity contribution in [3.63, 3.8) is 0 Å². The molecular weight excluding hydrogens is 190 g/mol. The largest absolute Gasteiger partial charge is 0.338 e. The van der Waals surface area contributed by atoms with E-state index in [4.69, 9.17) is 5.73 Å². The maximum absolute atomic E-state index is 11.4. The van der Waals surface area contributed by atoms with Crippen LogP contribution in [-0.2, 0) is 6.54 Å². The molecule has 0 heterocycles. The second-order valence-corrected chi connectivity index (χ2v) is 3.24. The Bertz CT molecular complexity index is 325. The van der Waals surface area contributed by atoms with Crippen LogP contribution in [0.4, 0.5) is 10.5 Å². The van der Waals surface area contributed by atoms with Crippen LogP contribution >= 0.6 is 0 Å². The molecule has 0 saturated heterocycles. The minimum Gasteiger partial charge on any atom is -0.338 e. The number of rotatable bonds is 4. The third-order valence-electron chi connectivity index (χ3n) is 2.02. The zero-order valence-electron chi connectivity index (χ0n) is 8.92. The molecule has 0 spiro atoms. The summed E-state index contributed by atoms with van der Waals surface area (Å²) in [5.41, 5.74) is 7.26. The summed E-state index contributed by atoms with van der Waals surface area (Å²) in [6.45, 7) is 3.11. The predicted octanol–water partition coefficient (Wildman–Crippen LogP) is 1.68. The number of nitrogens with one attached hydrogen (secondary N) is 2. The van der Waals surface area contributed by atoms with Crippen molar-refractivity contribution in [1.82, 2.24) is 5.32 Å². The average molecular weight is 207 g/mol. The number of anilines is 1. The molecule has 0 aliphatic carbocycles. The fourth-order valence-corrected chi connectivity index (χ4v) is 1.23. The minimum absolute atomic E-state index is 0.183. The van der Waals surface area contributed by atoms with Gasteiger partial charge in [0.25, 0.3) is 0 Å². The third kappa shape index (κ3) is 3.59. The summed E-state index contributed by atoms with van der Waals surface area (Å²) in [6, 6.07) is 7.33. The predicted molar refractivity (Wildman–Crippen MR) is 61.6 cm³/mol. The summed E-state index contributed by atoms with van der Waals surface area (Å²) >= 11 is 0. The molecule has 0 fully saturated rings. The van der Waals surface area contributed by atoms with Gasteiger partial charge in [0.05, 0.1) is 0 Å². The molecule has 0 bridgehead atoms. The molecule has 0 saturated carbocycles. The zero-order chi connectivity index (χ0) is 11.1. The van der Waals surface area contributed by atoms with E-state index in [1.54, 1.807) is 0 Å². The Hall–Kier alpha value is -1.55. The summed E-state index contributed by atoms with van der Waals surface area (Å²) in [5, 5.41) is 5.51. The van der Waals surface area contributed by atoms with Gasteiger partial charge in [-0.25, -0.2) is 4.79 Å². The number of para-hydroxylation sites is 1. The third-order valence-corrected chi connectivity index (χ3v) is 2.02. The van der Waals surface area contributed by atoms with Gasteiger partial charge in [0.1, 0.15) is 0 Å². The maximum Gasteiger partial charge on any atom is 0.319 e.